The number of carbonyl (C=O) groups excluding carboxylic acids is 1. The normalized spacial score (nSPS) is 38.2. The number of carbonyl (C=O) groups is 1. The van der Waals surface area contributed by atoms with Crippen molar-refractivity contribution in [3.05, 3.63) is 0 Å². The first-order valence-corrected chi connectivity index (χ1v) is 3.83. The van der Waals surface area contributed by atoms with Crippen LogP contribution >= 0.6 is 0 Å². The number of fused-ring (bicyclic) bond motifs is 1. The highest BCUT2D eigenvalue weighted by Gasteiger charge is 2.34. The number of hydrogen-bond donors (Lipinski definition) is 1. The lowest BCUT2D eigenvalue weighted by Gasteiger charge is -2.08. The number of rotatable bonds is 1. The number of nitrogens with one attached hydrogen (secondary N) is 1. The van der Waals surface area contributed by atoms with Crippen molar-refractivity contribution in [3.8, 4) is 0 Å². The molecule has 0 spiro atoms. The van der Waals surface area contributed by atoms with Crippen molar-refractivity contribution in [2.45, 2.75) is 12.5 Å². The van der Waals surface area contributed by atoms with Crippen molar-refractivity contribution in [1.29, 1.82) is 0 Å². The molecule has 0 aromatic carbocycles. The number of hydrogen-bond acceptors (Lipinski definition) is 2. The molecule has 3 heteroatoms. The van der Waals surface area contributed by atoms with E-state index in [1.807, 2.05) is 4.90 Å². The highest BCUT2D eigenvalue weighted by molar-refractivity contribution is 5.48. The summed E-state index contributed by atoms with van der Waals surface area (Å²) in [5, 5.41) is 3.38. The van der Waals surface area contributed by atoms with Gasteiger partial charge in [-0.2, -0.15) is 0 Å². The van der Waals surface area contributed by atoms with Gasteiger partial charge in [0.25, 0.3) is 0 Å². The first kappa shape index (κ1) is 6.16. The number of amides is 1. The van der Waals surface area contributed by atoms with Gasteiger partial charge in [0.15, 0.2) is 0 Å². The Labute approximate surface area is 60.4 Å². The fraction of sp³-hybridized carbons (Fsp3) is 0.857. The van der Waals surface area contributed by atoms with Gasteiger partial charge in [0, 0.05) is 19.1 Å². The molecule has 0 saturated carbocycles. The minimum absolute atomic E-state index is 0.602. The Bertz CT molecular complexity index is 137. The van der Waals surface area contributed by atoms with Gasteiger partial charge >= 0.3 is 0 Å². The van der Waals surface area contributed by atoms with E-state index < -0.39 is 0 Å². The predicted octanol–water partition coefficient (Wildman–Crippen LogP) is -0.563. The van der Waals surface area contributed by atoms with Crippen molar-refractivity contribution in [2.24, 2.45) is 5.92 Å². The van der Waals surface area contributed by atoms with Gasteiger partial charge in [0.05, 0.1) is 0 Å². The maximum absolute atomic E-state index is 10.3. The van der Waals surface area contributed by atoms with Crippen LogP contribution < -0.4 is 5.32 Å². The van der Waals surface area contributed by atoms with Gasteiger partial charge in [-0.05, 0) is 18.9 Å². The molecule has 2 saturated heterocycles. The van der Waals surface area contributed by atoms with Crippen molar-refractivity contribution >= 4 is 6.41 Å². The van der Waals surface area contributed by atoms with Gasteiger partial charge < -0.3 is 10.2 Å². The largest absolute Gasteiger partial charge is 0.343 e. The van der Waals surface area contributed by atoms with E-state index in [0.29, 0.717) is 6.04 Å². The molecule has 3 nitrogen and oxygen atoms in total. The van der Waals surface area contributed by atoms with E-state index in [1.54, 1.807) is 0 Å². The van der Waals surface area contributed by atoms with Crippen LogP contribution in [0.3, 0.4) is 0 Å². The molecule has 1 amide bonds. The molecule has 0 aromatic rings. The van der Waals surface area contributed by atoms with E-state index in [0.717, 1.165) is 32.0 Å². The maximum Gasteiger partial charge on any atom is 0.209 e. The third kappa shape index (κ3) is 0.814. The monoisotopic (exact) mass is 140 g/mol. The molecule has 0 bridgehead atoms. The van der Waals surface area contributed by atoms with E-state index in [2.05, 4.69) is 5.32 Å². The predicted molar refractivity (Wildman–Crippen MR) is 37.5 cm³/mol. The van der Waals surface area contributed by atoms with Gasteiger partial charge in [-0.25, -0.2) is 0 Å². The topological polar surface area (TPSA) is 32.3 Å². The molecule has 2 heterocycles. The van der Waals surface area contributed by atoms with Crippen molar-refractivity contribution in [1.82, 2.24) is 10.2 Å². The quantitative estimate of drug-likeness (QED) is 0.495. The third-order valence-corrected chi connectivity index (χ3v) is 2.54. The summed E-state index contributed by atoms with van der Waals surface area (Å²) < 4.78 is 0. The molecule has 0 radical (unpaired) electrons. The van der Waals surface area contributed by atoms with Gasteiger partial charge in [-0.15, -0.1) is 0 Å². The summed E-state index contributed by atoms with van der Waals surface area (Å²) in [6.07, 6.45) is 2.20. The average Bonchev–Trinajstić information content (AvgIpc) is 2.42. The zero-order valence-electron chi connectivity index (χ0n) is 5.92. The van der Waals surface area contributed by atoms with Crippen molar-refractivity contribution in [3.63, 3.8) is 0 Å². The van der Waals surface area contributed by atoms with Crippen LogP contribution in [-0.4, -0.2) is 37.0 Å². The summed E-state index contributed by atoms with van der Waals surface area (Å²) in [6, 6.07) is 0.602. The van der Waals surface area contributed by atoms with Crippen molar-refractivity contribution < 1.29 is 4.79 Å². The molecule has 2 atom stereocenters. The summed E-state index contributed by atoms with van der Waals surface area (Å²) in [4.78, 5) is 12.2. The first-order valence-electron chi connectivity index (χ1n) is 3.83. The Hall–Kier alpha value is -0.570. The highest BCUT2D eigenvalue weighted by atomic mass is 16.1. The Morgan fingerprint density at radius 2 is 2.40 bits per heavy atom. The van der Waals surface area contributed by atoms with Crippen LogP contribution in [0.15, 0.2) is 0 Å². The number of nitrogens with zero attached hydrogens (tertiary/aromatic N) is 1. The standard InChI is InChI=1S/C7H12N2O/c10-5-9-3-6-1-2-8-7(6)4-9/h5-8H,1-4H2/t6-,7+/m0/s1. The van der Waals surface area contributed by atoms with E-state index in [1.165, 1.54) is 6.42 Å². The fourth-order valence-electron chi connectivity index (χ4n) is 1.97. The van der Waals surface area contributed by atoms with Crippen LogP contribution in [0.2, 0.25) is 0 Å². The molecule has 10 heavy (non-hydrogen) atoms. The van der Waals surface area contributed by atoms with E-state index in [-0.39, 0.29) is 0 Å². The molecule has 56 valence electrons. The van der Waals surface area contributed by atoms with Crippen LogP contribution in [0.25, 0.3) is 0 Å². The molecular formula is C7H12N2O. The molecule has 2 fully saturated rings. The smallest absolute Gasteiger partial charge is 0.209 e. The Morgan fingerprint density at radius 1 is 1.50 bits per heavy atom. The minimum atomic E-state index is 0.602. The molecule has 1 N–H and O–H groups in total. The van der Waals surface area contributed by atoms with E-state index in [9.17, 15) is 4.79 Å². The van der Waals surface area contributed by atoms with Gasteiger partial charge in [0.2, 0.25) is 6.41 Å². The minimum Gasteiger partial charge on any atom is -0.343 e. The fourth-order valence-corrected chi connectivity index (χ4v) is 1.97. The molecule has 0 aromatic heterocycles. The first-order chi connectivity index (χ1) is 4.90. The Kier molecular flexibility index (Phi) is 1.38. The van der Waals surface area contributed by atoms with Gasteiger partial charge in [0.1, 0.15) is 0 Å². The van der Waals surface area contributed by atoms with Crippen LogP contribution in [0.4, 0.5) is 0 Å². The van der Waals surface area contributed by atoms with Crippen LogP contribution in [-0.2, 0) is 4.79 Å². The highest BCUT2D eigenvalue weighted by Crippen LogP contribution is 2.22. The molecule has 0 unspecified atom stereocenters. The third-order valence-electron chi connectivity index (χ3n) is 2.54. The van der Waals surface area contributed by atoms with Crippen LogP contribution in [0, 0.1) is 5.92 Å². The van der Waals surface area contributed by atoms with E-state index >= 15 is 0 Å². The maximum atomic E-state index is 10.3. The molecule has 0 aliphatic carbocycles. The molecule has 2 aliphatic rings. The van der Waals surface area contributed by atoms with Crippen LogP contribution in [0.1, 0.15) is 6.42 Å². The molecular weight excluding hydrogens is 128 g/mol. The van der Waals surface area contributed by atoms with Gasteiger partial charge in [-0.1, -0.05) is 0 Å². The number of likely N-dealkylation sites (tertiary alicyclic amines) is 1. The Balaban J connectivity index is 1.99. The zero-order valence-corrected chi connectivity index (χ0v) is 5.92. The lowest BCUT2D eigenvalue weighted by Crippen LogP contribution is -2.29. The second-order valence-corrected chi connectivity index (χ2v) is 3.17. The summed E-state index contributed by atoms with van der Waals surface area (Å²) in [5.74, 6) is 0.741. The lowest BCUT2D eigenvalue weighted by atomic mass is 10.1. The SMILES string of the molecule is O=CN1C[C@@H]2CCN[C@@H]2C1. The summed E-state index contributed by atoms with van der Waals surface area (Å²) >= 11 is 0. The zero-order chi connectivity index (χ0) is 6.97. The summed E-state index contributed by atoms with van der Waals surface area (Å²) in [7, 11) is 0. The van der Waals surface area contributed by atoms with Crippen LogP contribution in [0.5, 0.6) is 0 Å². The second kappa shape index (κ2) is 2.23. The average molecular weight is 140 g/mol. The second-order valence-electron chi connectivity index (χ2n) is 3.17. The van der Waals surface area contributed by atoms with E-state index in [4.69, 9.17) is 0 Å². The Morgan fingerprint density at radius 3 is 3.10 bits per heavy atom. The van der Waals surface area contributed by atoms with Crippen molar-refractivity contribution in [2.75, 3.05) is 19.6 Å². The van der Waals surface area contributed by atoms with Gasteiger partial charge in [-0.3, -0.25) is 4.79 Å². The summed E-state index contributed by atoms with van der Waals surface area (Å²) in [5.41, 5.74) is 0. The molecule has 2 rings (SSSR count). The molecule has 2 aliphatic heterocycles. The summed E-state index contributed by atoms with van der Waals surface area (Å²) in [6.45, 7) is 3.04. The lowest BCUT2D eigenvalue weighted by molar-refractivity contribution is -0.117.